The van der Waals surface area contributed by atoms with Gasteiger partial charge in [0.05, 0.1) is 17.3 Å². The number of anilines is 1. The monoisotopic (exact) mass is 328 g/mol. The minimum atomic E-state index is -0.303. The van der Waals surface area contributed by atoms with Crippen molar-refractivity contribution in [2.75, 3.05) is 25.1 Å². The lowest BCUT2D eigenvalue weighted by atomic mass is 10.0. The first-order chi connectivity index (χ1) is 10.6. The van der Waals surface area contributed by atoms with Crippen molar-refractivity contribution < 1.29 is 14.6 Å². The summed E-state index contributed by atoms with van der Waals surface area (Å²) in [4.78, 5) is 12.0. The average Bonchev–Trinajstić information content (AvgIpc) is 2.49. The second kappa shape index (κ2) is 10.3. The van der Waals surface area contributed by atoms with E-state index in [1.165, 1.54) is 0 Å². The highest BCUT2D eigenvalue weighted by Gasteiger charge is 2.13. The van der Waals surface area contributed by atoms with E-state index in [4.69, 9.17) is 21.4 Å². The molecule has 124 valence electrons. The largest absolute Gasteiger partial charge is 0.490 e. The molecule has 0 aliphatic carbocycles. The van der Waals surface area contributed by atoms with Crippen LogP contribution in [0.4, 0.5) is 10.5 Å². The summed E-state index contributed by atoms with van der Waals surface area (Å²) in [5.74, 6) is 0.758. The number of hydrogen-bond acceptors (Lipinski definition) is 3. The topological polar surface area (TPSA) is 70.6 Å². The number of aliphatic hydroxyl groups excluding tert-OH is 1. The molecule has 1 aromatic carbocycles. The Labute approximate surface area is 137 Å². The van der Waals surface area contributed by atoms with Crippen LogP contribution in [0.25, 0.3) is 0 Å². The fourth-order valence-corrected chi connectivity index (χ4v) is 2.47. The van der Waals surface area contributed by atoms with Crippen LogP contribution >= 0.6 is 11.6 Å². The molecule has 0 bridgehead atoms. The van der Waals surface area contributed by atoms with Crippen molar-refractivity contribution in [1.82, 2.24) is 5.32 Å². The van der Waals surface area contributed by atoms with Crippen LogP contribution in [0, 0.1) is 5.92 Å². The summed E-state index contributed by atoms with van der Waals surface area (Å²) in [7, 11) is 0. The summed E-state index contributed by atoms with van der Waals surface area (Å²) in [6.45, 7) is 5.08. The molecule has 0 fully saturated rings. The van der Waals surface area contributed by atoms with Crippen LogP contribution in [-0.4, -0.2) is 30.9 Å². The van der Waals surface area contributed by atoms with Gasteiger partial charge >= 0.3 is 6.03 Å². The highest BCUT2D eigenvalue weighted by molar-refractivity contribution is 6.32. The number of carbonyl (C=O) groups is 1. The molecule has 2 amide bonds. The predicted octanol–water partition coefficient (Wildman–Crippen LogP) is 3.66. The van der Waals surface area contributed by atoms with Crippen LogP contribution in [0.1, 0.15) is 33.1 Å². The molecule has 0 spiro atoms. The van der Waals surface area contributed by atoms with Gasteiger partial charge in [0.25, 0.3) is 0 Å². The van der Waals surface area contributed by atoms with Crippen molar-refractivity contribution in [3.63, 3.8) is 0 Å². The number of nitrogens with one attached hydrogen (secondary N) is 2. The summed E-state index contributed by atoms with van der Waals surface area (Å²) in [6.07, 6.45) is 2.69. The number of ether oxygens (including phenoxy) is 1. The van der Waals surface area contributed by atoms with Crippen molar-refractivity contribution in [1.29, 1.82) is 0 Å². The van der Waals surface area contributed by atoms with E-state index < -0.39 is 0 Å². The lowest BCUT2D eigenvalue weighted by Gasteiger charge is -2.17. The number of amides is 2. The minimum Gasteiger partial charge on any atom is -0.490 e. The molecule has 0 saturated carbocycles. The van der Waals surface area contributed by atoms with E-state index >= 15 is 0 Å². The third kappa shape index (κ3) is 6.12. The Balaban J connectivity index is 2.59. The predicted molar refractivity (Wildman–Crippen MR) is 89.7 cm³/mol. The zero-order valence-corrected chi connectivity index (χ0v) is 13.9. The van der Waals surface area contributed by atoms with Crippen LogP contribution in [0.5, 0.6) is 5.75 Å². The third-order valence-electron chi connectivity index (χ3n) is 3.29. The van der Waals surface area contributed by atoms with E-state index in [1.54, 1.807) is 18.2 Å². The smallest absolute Gasteiger partial charge is 0.319 e. The number of rotatable bonds is 9. The number of hydrogen-bond donors (Lipinski definition) is 3. The fraction of sp³-hybridized carbons (Fsp3) is 0.562. The lowest BCUT2D eigenvalue weighted by Crippen LogP contribution is -2.33. The second-order valence-electron chi connectivity index (χ2n) is 5.05. The zero-order valence-electron chi connectivity index (χ0n) is 13.2. The first-order valence-electron chi connectivity index (χ1n) is 7.69. The molecule has 3 N–H and O–H groups in total. The van der Waals surface area contributed by atoms with Crippen LogP contribution < -0.4 is 15.4 Å². The van der Waals surface area contributed by atoms with Crippen LogP contribution in [0.3, 0.4) is 0 Å². The SMILES string of the molecule is CCCC(CCO)CNC(=O)Nc1cccc(Cl)c1OCC. The summed E-state index contributed by atoms with van der Waals surface area (Å²) in [5, 5.41) is 15.1. The molecular weight excluding hydrogens is 304 g/mol. The number of aliphatic hydroxyl groups is 1. The van der Waals surface area contributed by atoms with Crippen molar-refractivity contribution in [2.45, 2.75) is 33.1 Å². The molecule has 0 heterocycles. The Morgan fingerprint density at radius 3 is 2.77 bits per heavy atom. The maximum absolute atomic E-state index is 12.0. The van der Waals surface area contributed by atoms with Crippen LogP contribution in [-0.2, 0) is 0 Å². The normalized spacial score (nSPS) is 11.8. The highest BCUT2D eigenvalue weighted by atomic mass is 35.5. The molecule has 1 unspecified atom stereocenters. The first kappa shape index (κ1) is 18.6. The van der Waals surface area contributed by atoms with Crippen molar-refractivity contribution >= 4 is 23.3 Å². The Morgan fingerprint density at radius 1 is 1.36 bits per heavy atom. The molecule has 1 rings (SSSR count). The fourth-order valence-electron chi connectivity index (χ4n) is 2.24. The highest BCUT2D eigenvalue weighted by Crippen LogP contribution is 2.32. The molecule has 0 aliphatic rings. The molecule has 0 radical (unpaired) electrons. The van der Waals surface area contributed by atoms with E-state index in [-0.39, 0.29) is 18.6 Å². The van der Waals surface area contributed by atoms with Gasteiger partial charge in [-0.15, -0.1) is 0 Å². The maximum atomic E-state index is 12.0. The van der Waals surface area contributed by atoms with Crippen LogP contribution in [0.2, 0.25) is 5.02 Å². The number of halogens is 1. The minimum absolute atomic E-state index is 0.136. The summed E-state index contributed by atoms with van der Waals surface area (Å²) in [5.41, 5.74) is 0.543. The molecule has 1 atom stereocenters. The molecule has 0 saturated heterocycles. The van der Waals surface area contributed by atoms with Gasteiger partial charge in [-0.2, -0.15) is 0 Å². The Bertz CT molecular complexity index is 463. The van der Waals surface area contributed by atoms with E-state index in [1.807, 2.05) is 6.92 Å². The van der Waals surface area contributed by atoms with Gasteiger partial charge in [-0.1, -0.05) is 31.0 Å². The molecule has 5 nitrogen and oxygen atoms in total. The van der Waals surface area contributed by atoms with Crippen molar-refractivity contribution in [2.24, 2.45) is 5.92 Å². The van der Waals surface area contributed by atoms with Gasteiger partial charge in [0.2, 0.25) is 0 Å². The summed E-state index contributed by atoms with van der Waals surface area (Å²) < 4.78 is 5.46. The average molecular weight is 329 g/mol. The Kier molecular flexibility index (Phi) is 8.70. The zero-order chi connectivity index (χ0) is 16.4. The molecule has 0 aromatic heterocycles. The number of urea groups is 1. The Hall–Kier alpha value is -1.46. The number of benzene rings is 1. The van der Waals surface area contributed by atoms with Gasteiger partial charge < -0.3 is 20.5 Å². The van der Waals surface area contributed by atoms with Gasteiger partial charge in [-0.3, -0.25) is 0 Å². The van der Waals surface area contributed by atoms with E-state index in [2.05, 4.69) is 17.6 Å². The maximum Gasteiger partial charge on any atom is 0.319 e. The van der Waals surface area contributed by atoms with Gasteiger partial charge in [0, 0.05) is 13.2 Å². The molecule has 22 heavy (non-hydrogen) atoms. The van der Waals surface area contributed by atoms with E-state index in [0.29, 0.717) is 36.0 Å². The quantitative estimate of drug-likeness (QED) is 0.648. The standard InChI is InChI=1S/C16H25ClN2O3/c1-3-6-12(9-10-20)11-18-16(21)19-14-8-5-7-13(17)15(14)22-4-2/h5,7-8,12,20H,3-4,6,9-11H2,1-2H3,(H2,18,19,21). The molecule has 6 heteroatoms. The van der Waals surface area contributed by atoms with Crippen LogP contribution in [0.15, 0.2) is 18.2 Å². The van der Waals surface area contributed by atoms with Gasteiger partial charge in [0.1, 0.15) is 0 Å². The van der Waals surface area contributed by atoms with Gasteiger partial charge in [-0.25, -0.2) is 4.79 Å². The van der Waals surface area contributed by atoms with Gasteiger partial charge in [-0.05, 0) is 37.8 Å². The second-order valence-corrected chi connectivity index (χ2v) is 5.46. The Morgan fingerprint density at radius 2 is 2.14 bits per heavy atom. The number of para-hydroxylation sites is 1. The van der Waals surface area contributed by atoms with E-state index in [9.17, 15) is 4.79 Å². The third-order valence-corrected chi connectivity index (χ3v) is 3.59. The molecular formula is C16H25ClN2O3. The van der Waals surface area contributed by atoms with Gasteiger partial charge in [0.15, 0.2) is 5.75 Å². The molecule has 1 aromatic rings. The first-order valence-corrected chi connectivity index (χ1v) is 8.07. The summed E-state index contributed by atoms with van der Waals surface area (Å²) >= 11 is 6.08. The van der Waals surface area contributed by atoms with Crippen molar-refractivity contribution in [3.05, 3.63) is 23.2 Å². The van der Waals surface area contributed by atoms with E-state index in [0.717, 1.165) is 12.8 Å². The van der Waals surface area contributed by atoms with Crippen molar-refractivity contribution in [3.8, 4) is 5.75 Å². The summed E-state index contributed by atoms with van der Waals surface area (Å²) in [6, 6.07) is 4.91. The molecule has 0 aliphatic heterocycles. The number of carbonyl (C=O) groups excluding carboxylic acids is 1. The lowest BCUT2D eigenvalue weighted by molar-refractivity contribution is 0.236.